The van der Waals surface area contributed by atoms with Crippen molar-refractivity contribution in [1.82, 2.24) is 20.4 Å². The number of alkyl halides is 1. The zero-order valence-corrected chi connectivity index (χ0v) is 29.8. The summed E-state index contributed by atoms with van der Waals surface area (Å²) in [6.45, 7) is 8.03. The molecule has 3 saturated heterocycles. The first kappa shape index (κ1) is 36.2. The van der Waals surface area contributed by atoms with Crippen molar-refractivity contribution in [2.45, 2.75) is 63.6 Å². The van der Waals surface area contributed by atoms with Gasteiger partial charge in [0.2, 0.25) is 5.91 Å². The second-order valence-electron chi connectivity index (χ2n) is 15.1. The lowest BCUT2D eigenvalue weighted by Crippen LogP contribution is -2.56. The number of rotatable bonds is 13. The second kappa shape index (κ2) is 15.8. The molecule has 0 spiro atoms. The molecule has 4 fully saturated rings. The van der Waals surface area contributed by atoms with Gasteiger partial charge in [-0.05, 0) is 98.0 Å². The highest BCUT2D eigenvalue weighted by Crippen LogP contribution is 2.53. The summed E-state index contributed by atoms with van der Waals surface area (Å²) >= 11 is 0. The van der Waals surface area contributed by atoms with Gasteiger partial charge >= 0.3 is 5.97 Å². The molecule has 0 bridgehead atoms. The number of amides is 2. The van der Waals surface area contributed by atoms with E-state index >= 15 is 0 Å². The summed E-state index contributed by atoms with van der Waals surface area (Å²) < 4.78 is 33.5. The van der Waals surface area contributed by atoms with Crippen LogP contribution in [-0.2, 0) is 26.3 Å². The maximum absolute atomic E-state index is 14.9. The van der Waals surface area contributed by atoms with Crippen LogP contribution in [0.3, 0.4) is 0 Å². The lowest BCUT2D eigenvalue weighted by molar-refractivity contribution is -0.142. The molecule has 11 heteroatoms. The Morgan fingerprint density at radius 1 is 0.980 bits per heavy atom. The van der Waals surface area contributed by atoms with Gasteiger partial charge < -0.3 is 25.2 Å². The van der Waals surface area contributed by atoms with Gasteiger partial charge in [0.15, 0.2) is 0 Å². The maximum atomic E-state index is 14.9. The molecule has 3 atom stereocenters. The number of nitrogens with one attached hydrogen (secondary N) is 2. The van der Waals surface area contributed by atoms with Crippen LogP contribution in [0.15, 0.2) is 42.5 Å². The Morgan fingerprint density at radius 3 is 2.40 bits per heavy atom. The second-order valence-corrected chi connectivity index (χ2v) is 15.1. The number of halogens is 2. The van der Waals surface area contributed by atoms with E-state index in [2.05, 4.69) is 26.5 Å². The standard InChI is InChI=1S/C39H53F2N5O4/c1-26(47)43-25-39(31-7-5-8-32(40)18-31,36-9-4-6-28(36)17-37(48)50-3)30-12-14-44(15-13-30)19-27-20-46(21-27)34-10-11-35(38(49)42-2)29(16-34)22-45-23-33(41)24-45/h5,7-8,10-11,16,18,27-28,30,33,36H,4,6,9,12-15,17,19-25H2,1-3H3,(H,42,49)(H,43,47)/t28-,36+,39+/m1/s1. The third-order valence-electron chi connectivity index (χ3n) is 12.0. The van der Waals surface area contributed by atoms with Crippen molar-refractivity contribution in [3.63, 3.8) is 0 Å². The molecule has 0 aromatic heterocycles. The van der Waals surface area contributed by atoms with Crippen LogP contribution in [0.4, 0.5) is 14.5 Å². The van der Waals surface area contributed by atoms with Crippen LogP contribution < -0.4 is 15.5 Å². The number of ether oxygens (including phenoxy) is 1. The van der Waals surface area contributed by atoms with E-state index in [1.807, 2.05) is 23.1 Å². The number of esters is 1. The van der Waals surface area contributed by atoms with E-state index in [4.69, 9.17) is 4.74 Å². The topological polar surface area (TPSA) is 94.2 Å². The van der Waals surface area contributed by atoms with E-state index in [0.717, 1.165) is 81.6 Å². The molecular weight excluding hydrogens is 640 g/mol. The molecule has 2 aromatic carbocycles. The first-order valence-electron chi connectivity index (χ1n) is 18.4. The fraction of sp³-hybridized carbons (Fsp3) is 0.615. The molecule has 0 unspecified atom stereocenters. The lowest BCUT2D eigenvalue weighted by atomic mass is 9.57. The minimum Gasteiger partial charge on any atom is -0.469 e. The van der Waals surface area contributed by atoms with Crippen LogP contribution in [0, 0.1) is 29.5 Å². The molecule has 2 amide bonds. The predicted octanol–water partition coefficient (Wildman–Crippen LogP) is 4.54. The molecule has 3 heterocycles. The monoisotopic (exact) mass is 693 g/mol. The van der Waals surface area contributed by atoms with Gasteiger partial charge in [0.1, 0.15) is 12.0 Å². The van der Waals surface area contributed by atoms with Gasteiger partial charge in [0.05, 0.1) is 7.11 Å². The van der Waals surface area contributed by atoms with Gasteiger partial charge in [0, 0.05) is 88.8 Å². The van der Waals surface area contributed by atoms with Crippen LogP contribution in [0.25, 0.3) is 0 Å². The molecule has 1 saturated carbocycles. The van der Waals surface area contributed by atoms with Crippen molar-refractivity contribution in [3.05, 3.63) is 65.0 Å². The molecule has 272 valence electrons. The van der Waals surface area contributed by atoms with Crippen LogP contribution in [-0.4, -0.2) is 100 Å². The highest BCUT2D eigenvalue weighted by Gasteiger charge is 2.52. The predicted molar refractivity (Wildman–Crippen MR) is 189 cm³/mol. The number of carbonyl (C=O) groups excluding carboxylic acids is 3. The van der Waals surface area contributed by atoms with Gasteiger partial charge in [-0.2, -0.15) is 0 Å². The summed E-state index contributed by atoms with van der Waals surface area (Å²) in [5.41, 5.74) is 3.08. The molecule has 0 radical (unpaired) electrons. The molecular formula is C39H53F2N5O4. The van der Waals surface area contributed by atoms with Gasteiger partial charge in [-0.1, -0.05) is 18.6 Å². The first-order chi connectivity index (χ1) is 24.1. The zero-order chi connectivity index (χ0) is 35.4. The maximum Gasteiger partial charge on any atom is 0.305 e. The fourth-order valence-corrected chi connectivity index (χ4v) is 9.47. The Bertz CT molecular complexity index is 1520. The highest BCUT2D eigenvalue weighted by molar-refractivity contribution is 5.96. The van der Waals surface area contributed by atoms with Gasteiger partial charge in [-0.3, -0.25) is 19.3 Å². The molecule has 2 aromatic rings. The summed E-state index contributed by atoms with van der Waals surface area (Å²) in [5, 5.41) is 5.87. The zero-order valence-electron chi connectivity index (χ0n) is 29.8. The summed E-state index contributed by atoms with van der Waals surface area (Å²) in [7, 11) is 3.06. The van der Waals surface area contributed by atoms with Crippen molar-refractivity contribution in [1.29, 1.82) is 0 Å². The molecule has 4 aliphatic rings. The van der Waals surface area contributed by atoms with Crippen molar-refractivity contribution in [2.24, 2.45) is 23.7 Å². The van der Waals surface area contributed by atoms with E-state index in [0.29, 0.717) is 44.1 Å². The molecule has 2 N–H and O–H groups in total. The number of benzene rings is 2. The van der Waals surface area contributed by atoms with Crippen molar-refractivity contribution in [3.8, 4) is 0 Å². The summed E-state index contributed by atoms with van der Waals surface area (Å²) in [6, 6.07) is 12.9. The number of likely N-dealkylation sites (tertiary alicyclic amines) is 2. The largest absolute Gasteiger partial charge is 0.469 e. The van der Waals surface area contributed by atoms with Crippen molar-refractivity contribution < 1.29 is 27.9 Å². The summed E-state index contributed by atoms with van der Waals surface area (Å²) in [6.07, 6.45) is 4.23. The third-order valence-corrected chi connectivity index (χ3v) is 12.0. The number of piperidine rings is 1. The van der Waals surface area contributed by atoms with E-state index in [-0.39, 0.29) is 41.4 Å². The van der Waals surface area contributed by atoms with E-state index in [1.165, 1.54) is 20.1 Å². The van der Waals surface area contributed by atoms with E-state index in [1.54, 1.807) is 19.2 Å². The number of hydrogen-bond acceptors (Lipinski definition) is 7. The Hall–Kier alpha value is -3.57. The minimum atomic E-state index is -0.788. The van der Waals surface area contributed by atoms with Gasteiger partial charge in [-0.25, -0.2) is 8.78 Å². The lowest BCUT2D eigenvalue weighted by Gasteiger charge is -2.51. The van der Waals surface area contributed by atoms with Crippen molar-refractivity contribution in [2.75, 3.05) is 71.4 Å². The Morgan fingerprint density at radius 2 is 1.74 bits per heavy atom. The Labute approximate surface area is 295 Å². The summed E-state index contributed by atoms with van der Waals surface area (Å²) in [5.74, 6) is 0.218. The van der Waals surface area contributed by atoms with Crippen LogP contribution >= 0.6 is 0 Å². The number of carbonyl (C=O) groups is 3. The van der Waals surface area contributed by atoms with Crippen LogP contribution in [0.1, 0.15) is 66.9 Å². The average Bonchev–Trinajstić information content (AvgIpc) is 3.54. The molecule has 9 nitrogen and oxygen atoms in total. The normalized spacial score (nSPS) is 23.5. The van der Waals surface area contributed by atoms with E-state index in [9.17, 15) is 23.2 Å². The Kier molecular flexibility index (Phi) is 11.4. The number of anilines is 1. The number of hydrogen-bond donors (Lipinski definition) is 2. The van der Waals surface area contributed by atoms with Crippen LogP contribution in [0.5, 0.6) is 0 Å². The van der Waals surface area contributed by atoms with Crippen LogP contribution in [0.2, 0.25) is 0 Å². The van der Waals surface area contributed by atoms with E-state index < -0.39 is 11.6 Å². The SMILES string of the molecule is CNC(=O)c1ccc(N2CC(CN3CCC([C@@](CNC(C)=O)(c4cccc(F)c4)[C@H]4CCC[C@@H]4CC(=O)OC)CC3)C2)cc1CN1CC(F)C1. The Balaban J connectivity index is 1.13. The minimum absolute atomic E-state index is 0.107. The molecule has 6 rings (SSSR count). The highest BCUT2D eigenvalue weighted by atomic mass is 19.1. The summed E-state index contributed by atoms with van der Waals surface area (Å²) in [4.78, 5) is 44.4. The molecule has 50 heavy (non-hydrogen) atoms. The number of methoxy groups -OCH3 is 1. The molecule has 1 aliphatic carbocycles. The van der Waals surface area contributed by atoms with Gasteiger partial charge in [0.25, 0.3) is 5.91 Å². The fourth-order valence-electron chi connectivity index (χ4n) is 9.47. The first-order valence-corrected chi connectivity index (χ1v) is 18.4. The molecule has 3 aliphatic heterocycles. The third kappa shape index (κ3) is 7.83. The number of nitrogens with zero attached hydrogens (tertiary/aromatic N) is 3. The average molecular weight is 694 g/mol. The quantitative estimate of drug-likeness (QED) is 0.298. The van der Waals surface area contributed by atoms with Crippen molar-refractivity contribution >= 4 is 23.5 Å². The van der Waals surface area contributed by atoms with Gasteiger partial charge in [-0.15, -0.1) is 0 Å². The smallest absolute Gasteiger partial charge is 0.305 e.